The molecule has 0 aliphatic carbocycles. The molecule has 0 aromatic carbocycles. The van der Waals surface area contributed by atoms with Gasteiger partial charge in [0.1, 0.15) is 29.5 Å². The maximum Gasteiger partial charge on any atom is 0.312 e. The first-order chi connectivity index (χ1) is 10.3. The summed E-state index contributed by atoms with van der Waals surface area (Å²) in [5.41, 5.74) is 0.603. The van der Waals surface area contributed by atoms with Gasteiger partial charge in [-0.15, -0.1) is 0 Å². The summed E-state index contributed by atoms with van der Waals surface area (Å²) in [5, 5.41) is 17.8. The van der Waals surface area contributed by atoms with E-state index in [0.717, 1.165) is 5.76 Å². The SMILES string of the molecule is Cc1ccc(C(C)NC(=O)Cn2nc(C)c([N+](=O)[O-])c2C)o1. The zero-order chi connectivity index (χ0) is 16.4. The molecule has 0 radical (unpaired) electrons. The number of hydrogen-bond donors (Lipinski definition) is 1. The molecule has 8 heteroatoms. The van der Waals surface area contributed by atoms with Crippen molar-refractivity contribution in [1.82, 2.24) is 15.1 Å². The van der Waals surface area contributed by atoms with Crippen LogP contribution in [0.4, 0.5) is 5.69 Å². The summed E-state index contributed by atoms with van der Waals surface area (Å²) in [4.78, 5) is 22.5. The van der Waals surface area contributed by atoms with Crippen molar-refractivity contribution in [3.63, 3.8) is 0 Å². The van der Waals surface area contributed by atoms with E-state index in [-0.39, 0.29) is 24.2 Å². The number of aryl methyl sites for hydroxylation is 2. The number of carbonyl (C=O) groups excluding carboxylic acids is 1. The molecule has 0 bridgehead atoms. The van der Waals surface area contributed by atoms with Crippen LogP contribution in [0, 0.1) is 30.9 Å². The van der Waals surface area contributed by atoms with Crippen molar-refractivity contribution >= 4 is 11.6 Å². The molecule has 0 aliphatic heterocycles. The van der Waals surface area contributed by atoms with Crippen molar-refractivity contribution in [3.8, 4) is 0 Å². The van der Waals surface area contributed by atoms with E-state index in [1.165, 1.54) is 4.68 Å². The predicted octanol–water partition coefficient (Wildman–Crippen LogP) is 2.19. The normalized spacial score (nSPS) is 12.2. The molecule has 22 heavy (non-hydrogen) atoms. The quantitative estimate of drug-likeness (QED) is 0.673. The lowest BCUT2D eigenvalue weighted by atomic mass is 10.2. The molecule has 1 atom stereocenters. The topological polar surface area (TPSA) is 103 Å². The fourth-order valence-corrected chi connectivity index (χ4v) is 2.29. The minimum atomic E-state index is -0.486. The number of amides is 1. The summed E-state index contributed by atoms with van der Waals surface area (Å²) in [6.07, 6.45) is 0. The number of rotatable bonds is 5. The third-order valence-corrected chi connectivity index (χ3v) is 3.38. The molecule has 0 aliphatic rings. The monoisotopic (exact) mass is 306 g/mol. The molecule has 2 aromatic heterocycles. The van der Waals surface area contributed by atoms with Crippen LogP contribution in [0.3, 0.4) is 0 Å². The molecule has 118 valence electrons. The minimum absolute atomic E-state index is 0.0532. The van der Waals surface area contributed by atoms with E-state index < -0.39 is 4.92 Å². The molecular formula is C14H18N4O4. The number of aromatic nitrogens is 2. The molecule has 2 heterocycles. The van der Waals surface area contributed by atoms with Crippen LogP contribution in [0.2, 0.25) is 0 Å². The average Bonchev–Trinajstić information content (AvgIpc) is 2.94. The van der Waals surface area contributed by atoms with E-state index in [9.17, 15) is 14.9 Å². The van der Waals surface area contributed by atoms with Crippen LogP contribution in [0.25, 0.3) is 0 Å². The third kappa shape index (κ3) is 3.16. The van der Waals surface area contributed by atoms with Crippen LogP contribution in [0.15, 0.2) is 16.5 Å². The average molecular weight is 306 g/mol. The van der Waals surface area contributed by atoms with Crippen molar-refractivity contribution in [2.24, 2.45) is 0 Å². The number of nitrogens with one attached hydrogen (secondary N) is 1. The maximum atomic E-state index is 12.1. The smallest absolute Gasteiger partial charge is 0.312 e. The van der Waals surface area contributed by atoms with Crippen molar-refractivity contribution in [2.75, 3.05) is 0 Å². The Kier molecular flexibility index (Phi) is 4.30. The Morgan fingerprint density at radius 3 is 2.64 bits per heavy atom. The highest BCUT2D eigenvalue weighted by Gasteiger charge is 2.23. The van der Waals surface area contributed by atoms with Gasteiger partial charge in [0.15, 0.2) is 0 Å². The van der Waals surface area contributed by atoms with E-state index in [1.807, 2.05) is 13.0 Å². The summed E-state index contributed by atoms with van der Waals surface area (Å²) in [5.74, 6) is 1.14. The van der Waals surface area contributed by atoms with Crippen LogP contribution < -0.4 is 5.32 Å². The maximum absolute atomic E-state index is 12.1. The summed E-state index contributed by atoms with van der Waals surface area (Å²) in [7, 11) is 0. The first-order valence-electron chi connectivity index (χ1n) is 6.83. The van der Waals surface area contributed by atoms with Gasteiger partial charge in [-0.25, -0.2) is 0 Å². The van der Waals surface area contributed by atoms with Crippen molar-refractivity contribution in [1.29, 1.82) is 0 Å². The zero-order valence-corrected chi connectivity index (χ0v) is 12.9. The molecule has 1 N–H and O–H groups in total. The number of hydrogen-bond acceptors (Lipinski definition) is 5. The minimum Gasteiger partial charge on any atom is -0.464 e. The van der Waals surface area contributed by atoms with Gasteiger partial charge < -0.3 is 9.73 Å². The Balaban J connectivity index is 2.06. The van der Waals surface area contributed by atoms with Gasteiger partial charge >= 0.3 is 5.69 Å². The van der Waals surface area contributed by atoms with Crippen LogP contribution in [-0.4, -0.2) is 20.6 Å². The van der Waals surface area contributed by atoms with Gasteiger partial charge in [-0.3, -0.25) is 19.6 Å². The van der Waals surface area contributed by atoms with Gasteiger partial charge in [-0.2, -0.15) is 5.10 Å². The van der Waals surface area contributed by atoms with Gasteiger partial charge in [0.05, 0.1) is 11.0 Å². The fourth-order valence-electron chi connectivity index (χ4n) is 2.29. The third-order valence-electron chi connectivity index (χ3n) is 3.38. The number of nitro groups is 1. The van der Waals surface area contributed by atoms with Gasteiger partial charge in [0.2, 0.25) is 5.91 Å². The molecule has 0 fully saturated rings. The summed E-state index contributed by atoms with van der Waals surface area (Å²) < 4.78 is 6.78. The molecule has 8 nitrogen and oxygen atoms in total. The van der Waals surface area contributed by atoms with Crippen molar-refractivity contribution in [2.45, 2.75) is 40.3 Å². The molecule has 0 saturated heterocycles. The Morgan fingerprint density at radius 1 is 1.45 bits per heavy atom. The first-order valence-corrected chi connectivity index (χ1v) is 6.83. The van der Waals surface area contributed by atoms with E-state index >= 15 is 0 Å². The molecule has 0 spiro atoms. The van der Waals surface area contributed by atoms with Gasteiger partial charge in [-0.05, 0) is 39.8 Å². The largest absolute Gasteiger partial charge is 0.464 e. The molecule has 2 aromatic rings. The zero-order valence-electron chi connectivity index (χ0n) is 12.9. The number of nitrogens with zero attached hydrogens (tertiary/aromatic N) is 3. The summed E-state index contributed by atoms with van der Waals surface area (Å²) in [6, 6.07) is 3.34. The Hall–Kier alpha value is -2.64. The summed E-state index contributed by atoms with van der Waals surface area (Å²) >= 11 is 0. The number of furan rings is 1. The standard InChI is InChI=1S/C14H18N4O4/c1-8-5-6-12(22-8)9(2)15-13(19)7-17-11(4)14(18(20)21)10(3)16-17/h5-6,9H,7H2,1-4H3,(H,15,19). The van der Waals surface area contributed by atoms with E-state index in [1.54, 1.807) is 26.8 Å². The van der Waals surface area contributed by atoms with Crippen molar-refractivity contribution in [3.05, 3.63) is 45.2 Å². The fraction of sp³-hybridized carbons (Fsp3) is 0.429. The summed E-state index contributed by atoms with van der Waals surface area (Å²) in [6.45, 7) is 6.68. The molecule has 1 amide bonds. The van der Waals surface area contributed by atoms with Gasteiger partial charge in [-0.1, -0.05) is 0 Å². The van der Waals surface area contributed by atoms with Crippen LogP contribution in [0.1, 0.15) is 35.9 Å². The van der Waals surface area contributed by atoms with E-state index in [2.05, 4.69) is 10.4 Å². The lowest BCUT2D eigenvalue weighted by molar-refractivity contribution is -0.386. The highest BCUT2D eigenvalue weighted by atomic mass is 16.6. The highest BCUT2D eigenvalue weighted by molar-refractivity contribution is 5.76. The van der Waals surface area contributed by atoms with E-state index in [0.29, 0.717) is 17.1 Å². The molecule has 0 saturated carbocycles. The predicted molar refractivity (Wildman–Crippen MR) is 78.4 cm³/mol. The molecular weight excluding hydrogens is 288 g/mol. The first kappa shape index (κ1) is 15.7. The second-order valence-corrected chi connectivity index (χ2v) is 5.17. The number of carbonyl (C=O) groups is 1. The van der Waals surface area contributed by atoms with Crippen LogP contribution in [0.5, 0.6) is 0 Å². The Morgan fingerprint density at radius 2 is 2.14 bits per heavy atom. The van der Waals surface area contributed by atoms with E-state index in [4.69, 9.17) is 4.42 Å². The Bertz CT molecular complexity index is 716. The van der Waals surface area contributed by atoms with Crippen LogP contribution >= 0.6 is 0 Å². The highest BCUT2D eigenvalue weighted by Crippen LogP contribution is 2.21. The molecule has 2 rings (SSSR count). The van der Waals surface area contributed by atoms with Gasteiger partial charge in [0, 0.05) is 0 Å². The van der Waals surface area contributed by atoms with Crippen molar-refractivity contribution < 1.29 is 14.1 Å². The second-order valence-electron chi connectivity index (χ2n) is 5.17. The Labute approximate surface area is 127 Å². The second kappa shape index (κ2) is 6.00. The van der Waals surface area contributed by atoms with Gasteiger partial charge in [0.25, 0.3) is 0 Å². The molecule has 1 unspecified atom stereocenters. The lowest BCUT2D eigenvalue weighted by Gasteiger charge is -2.12. The lowest BCUT2D eigenvalue weighted by Crippen LogP contribution is -2.30. The van der Waals surface area contributed by atoms with Crippen LogP contribution in [-0.2, 0) is 11.3 Å².